The van der Waals surface area contributed by atoms with E-state index in [4.69, 9.17) is 0 Å². The number of aryl methyl sites for hydroxylation is 1. The van der Waals surface area contributed by atoms with E-state index in [0.29, 0.717) is 18.4 Å². The van der Waals surface area contributed by atoms with Gasteiger partial charge in [0.15, 0.2) is 0 Å². The average molecular weight is 247 g/mol. The quantitative estimate of drug-likeness (QED) is 0.855. The van der Waals surface area contributed by atoms with Crippen LogP contribution in [-0.2, 0) is 11.2 Å². The standard InChI is InChI=1S/C14H17NO3/c1-2-10-6-3-4-7-11(10)12(16)15-14(13(17)18)8-5-9-14/h3-4,6-7H,2,5,8-9H2,1H3,(H,15,16)(H,17,18). The molecule has 1 aliphatic carbocycles. The molecule has 1 fully saturated rings. The molecule has 1 saturated carbocycles. The fourth-order valence-electron chi connectivity index (χ4n) is 2.26. The van der Waals surface area contributed by atoms with Crippen LogP contribution in [0.2, 0.25) is 0 Å². The number of carbonyl (C=O) groups excluding carboxylic acids is 1. The lowest BCUT2D eigenvalue weighted by atomic mass is 9.76. The summed E-state index contributed by atoms with van der Waals surface area (Å²) in [6, 6.07) is 7.31. The Kier molecular flexibility index (Phi) is 3.36. The molecule has 0 spiro atoms. The van der Waals surface area contributed by atoms with Crippen LogP contribution in [0, 0.1) is 0 Å². The monoisotopic (exact) mass is 247 g/mol. The molecule has 4 nitrogen and oxygen atoms in total. The van der Waals surface area contributed by atoms with E-state index < -0.39 is 11.5 Å². The molecule has 2 rings (SSSR count). The van der Waals surface area contributed by atoms with Crippen molar-refractivity contribution in [1.29, 1.82) is 0 Å². The summed E-state index contributed by atoms with van der Waals surface area (Å²) in [5.41, 5.74) is 0.472. The van der Waals surface area contributed by atoms with Gasteiger partial charge in [0, 0.05) is 5.56 Å². The molecule has 2 N–H and O–H groups in total. The number of benzene rings is 1. The predicted octanol–water partition coefficient (Wildman–Crippen LogP) is 1.99. The van der Waals surface area contributed by atoms with Crippen LogP contribution in [-0.4, -0.2) is 22.5 Å². The molecule has 0 atom stereocenters. The van der Waals surface area contributed by atoms with Gasteiger partial charge in [0.05, 0.1) is 0 Å². The van der Waals surface area contributed by atoms with E-state index >= 15 is 0 Å². The average Bonchev–Trinajstić information content (AvgIpc) is 2.33. The highest BCUT2D eigenvalue weighted by molar-refractivity contribution is 5.99. The van der Waals surface area contributed by atoms with Gasteiger partial charge in [-0.1, -0.05) is 25.1 Å². The van der Waals surface area contributed by atoms with Crippen LogP contribution < -0.4 is 5.32 Å². The SMILES string of the molecule is CCc1ccccc1C(=O)NC1(C(=O)O)CCC1. The summed E-state index contributed by atoms with van der Waals surface area (Å²) in [5, 5.41) is 11.9. The molecule has 18 heavy (non-hydrogen) atoms. The molecule has 0 aliphatic heterocycles. The highest BCUT2D eigenvalue weighted by Gasteiger charge is 2.45. The Labute approximate surface area is 106 Å². The van der Waals surface area contributed by atoms with Gasteiger partial charge in [0.1, 0.15) is 5.54 Å². The largest absolute Gasteiger partial charge is 0.480 e. The van der Waals surface area contributed by atoms with Crippen LogP contribution in [0.1, 0.15) is 42.1 Å². The van der Waals surface area contributed by atoms with Crippen LogP contribution in [0.5, 0.6) is 0 Å². The smallest absolute Gasteiger partial charge is 0.329 e. The second-order valence-electron chi connectivity index (χ2n) is 4.71. The van der Waals surface area contributed by atoms with Crippen molar-refractivity contribution >= 4 is 11.9 Å². The first-order chi connectivity index (χ1) is 8.59. The van der Waals surface area contributed by atoms with E-state index in [2.05, 4.69) is 5.32 Å². The van der Waals surface area contributed by atoms with Crippen molar-refractivity contribution in [3.05, 3.63) is 35.4 Å². The van der Waals surface area contributed by atoms with Gasteiger partial charge in [-0.15, -0.1) is 0 Å². The number of hydrogen-bond donors (Lipinski definition) is 2. The summed E-state index contributed by atoms with van der Waals surface area (Å²) < 4.78 is 0. The van der Waals surface area contributed by atoms with Crippen LogP contribution in [0.4, 0.5) is 0 Å². The lowest BCUT2D eigenvalue weighted by molar-refractivity contribution is -0.148. The minimum Gasteiger partial charge on any atom is -0.480 e. The van der Waals surface area contributed by atoms with Gasteiger partial charge < -0.3 is 10.4 Å². The number of hydrogen-bond acceptors (Lipinski definition) is 2. The highest BCUT2D eigenvalue weighted by Crippen LogP contribution is 2.32. The third-order valence-electron chi connectivity index (χ3n) is 3.61. The predicted molar refractivity (Wildman–Crippen MR) is 67.5 cm³/mol. The lowest BCUT2D eigenvalue weighted by Gasteiger charge is -2.38. The minimum absolute atomic E-state index is 0.283. The molecule has 1 aromatic carbocycles. The summed E-state index contributed by atoms with van der Waals surface area (Å²) in [5.74, 6) is -1.22. The number of aliphatic carboxylic acids is 1. The first-order valence-corrected chi connectivity index (χ1v) is 6.23. The van der Waals surface area contributed by atoms with Crippen molar-refractivity contribution in [2.24, 2.45) is 0 Å². The molecular formula is C14H17NO3. The van der Waals surface area contributed by atoms with Gasteiger partial charge in [-0.2, -0.15) is 0 Å². The van der Waals surface area contributed by atoms with Gasteiger partial charge >= 0.3 is 5.97 Å². The van der Waals surface area contributed by atoms with Gasteiger partial charge in [-0.3, -0.25) is 4.79 Å². The molecule has 0 aromatic heterocycles. The van der Waals surface area contributed by atoms with Gasteiger partial charge in [0.25, 0.3) is 5.91 Å². The van der Waals surface area contributed by atoms with Crippen molar-refractivity contribution in [2.75, 3.05) is 0 Å². The van der Waals surface area contributed by atoms with Crippen LogP contribution >= 0.6 is 0 Å². The number of carboxylic acids is 1. The second-order valence-corrected chi connectivity index (χ2v) is 4.71. The Morgan fingerprint density at radius 1 is 1.33 bits per heavy atom. The topological polar surface area (TPSA) is 66.4 Å². The Balaban J connectivity index is 2.19. The van der Waals surface area contributed by atoms with E-state index in [1.807, 2.05) is 19.1 Å². The number of carboxylic acid groups (broad SMARTS) is 1. The maximum atomic E-state index is 12.2. The molecule has 1 aromatic rings. The summed E-state index contributed by atoms with van der Waals surface area (Å²) in [4.78, 5) is 23.4. The Hall–Kier alpha value is -1.84. The van der Waals surface area contributed by atoms with Gasteiger partial charge in [0.2, 0.25) is 0 Å². The maximum Gasteiger partial charge on any atom is 0.329 e. The fourth-order valence-corrected chi connectivity index (χ4v) is 2.26. The fraction of sp³-hybridized carbons (Fsp3) is 0.429. The lowest BCUT2D eigenvalue weighted by Crippen LogP contribution is -2.59. The molecule has 0 radical (unpaired) electrons. The number of rotatable bonds is 4. The van der Waals surface area contributed by atoms with Crippen LogP contribution in [0.3, 0.4) is 0 Å². The molecule has 0 unspecified atom stereocenters. The normalized spacial score (nSPS) is 16.7. The minimum atomic E-state index is -1.04. The molecule has 4 heteroatoms. The van der Waals surface area contributed by atoms with Gasteiger partial charge in [-0.05, 0) is 37.3 Å². The summed E-state index contributed by atoms with van der Waals surface area (Å²) in [6.45, 7) is 1.97. The molecule has 0 heterocycles. The molecule has 1 amide bonds. The van der Waals surface area contributed by atoms with Crippen molar-refractivity contribution in [2.45, 2.75) is 38.1 Å². The van der Waals surface area contributed by atoms with Crippen molar-refractivity contribution < 1.29 is 14.7 Å². The number of nitrogens with one attached hydrogen (secondary N) is 1. The van der Waals surface area contributed by atoms with Crippen LogP contribution in [0.15, 0.2) is 24.3 Å². The zero-order valence-corrected chi connectivity index (χ0v) is 10.4. The first-order valence-electron chi connectivity index (χ1n) is 6.23. The summed E-state index contributed by atoms with van der Waals surface area (Å²) >= 11 is 0. The van der Waals surface area contributed by atoms with E-state index in [0.717, 1.165) is 18.4 Å². The second kappa shape index (κ2) is 4.80. The number of amides is 1. The van der Waals surface area contributed by atoms with E-state index in [-0.39, 0.29) is 5.91 Å². The molecule has 1 aliphatic rings. The van der Waals surface area contributed by atoms with Crippen LogP contribution in [0.25, 0.3) is 0 Å². The summed E-state index contributed by atoms with van der Waals surface area (Å²) in [7, 11) is 0. The molecular weight excluding hydrogens is 230 g/mol. The number of carbonyl (C=O) groups is 2. The Morgan fingerprint density at radius 2 is 2.00 bits per heavy atom. The van der Waals surface area contributed by atoms with E-state index in [1.165, 1.54) is 0 Å². The molecule has 0 bridgehead atoms. The highest BCUT2D eigenvalue weighted by atomic mass is 16.4. The zero-order chi connectivity index (χ0) is 13.2. The maximum absolute atomic E-state index is 12.2. The molecule has 0 saturated heterocycles. The van der Waals surface area contributed by atoms with E-state index in [9.17, 15) is 14.7 Å². The van der Waals surface area contributed by atoms with E-state index in [1.54, 1.807) is 12.1 Å². The first kappa shape index (κ1) is 12.6. The summed E-state index contributed by atoms with van der Waals surface area (Å²) in [6.07, 6.45) is 2.64. The Morgan fingerprint density at radius 3 is 2.50 bits per heavy atom. The third kappa shape index (κ3) is 2.10. The zero-order valence-electron chi connectivity index (χ0n) is 10.4. The van der Waals surface area contributed by atoms with Crippen molar-refractivity contribution in [3.63, 3.8) is 0 Å². The molecule has 96 valence electrons. The third-order valence-corrected chi connectivity index (χ3v) is 3.61. The van der Waals surface area contributed by atoms with Gasteiger partial charge in [-0.25, -0.2) is 4.79 Å². The Bertz CT molecular complexity index is 478. The van der Waals surface area contributed by atoms with Crippen molar-refractivity contribution in [1.82, 2.24) is 5.32 Å². The van der Waals surface area contributed by atoms with Crippen molar-refractivity contribution in [3.8, 4) is 0 Å².